The number of hydrogen-bond acceptors (Lipinski definition) is 4. The van der Waals surface area contributed by atoms with Gasteiger partial charge in [0.15, 0.2) is 0 Å². The Morgan fingerprint density at radius 1 is 1.32 bits per heavy atom. The van der Waals surface area contributed by atoms with Gasteiger partial charge in [-0.15, -0.1) is 0 Å². The highest BCUT2D eigenvalue weighted by Crippen LogP contribution is 2.41. The van der Waals surface area contributed by atoms with Gasteiger partial charge in [0.1, 0.15) is 12.3 Å². The van der Waals surface area contributed by atoms with E-state index in [0.29, 0.717) is 21.8 Å². The molecule has 0 unspecified atom stereocenters. The van der Waals surface area contributed by atoms with Crippen molar-refractivity contribution in [2.75, 3.05) is 11.9 Å². The largest absolute Gasteiger partial charge is 0.381 e. The van der Waals surface area contributed by atoms with Crippen molar-refractivity contribution in [3.8, 4) is 0 Å². The van der Waals surface area contributed by atoms with Crippen LogP contribution in [0.2, 0.25) is 5.02 Å². The number of hydrogen-bond donors (Lipinski definition) is 2. The van der Waals surface area contributed by atoms with E-state index < -0.39 is 12.5 Å². The van der Waals surface area contributed by atoms with E-state index in [1.165, 1.54) is 0 Å². The van der Waals surface area contributed by atoms with Crippen LogP contribution in [0.1, 0.15) is 36.9 Å². The van der Waals surface area contributed by atoms with Gasteiger partial charge in [-0.2, -0.15) is 8.78 Å². The van der Waals surface area contributed by atoms with E-state index in [0.717, 1.165) is 31.1 Å². The van der Waals surface area contributed by atoms with Crippen LogP contribution in [-0.4, -0.2) is 23.7 Å². The van der Waals surface area contributed by atoms with Crippen LogP contribution in [0.3, 0.4) is 0 Å². The van der Waals surface area contributed by atoms with Crippen molar-refractivity contribution in [3.63, 3.8) is 0 Å². The zero-order valence-electron chi connectivity index (χ0n) is 13.7. The van der Waals surface area contributed by atoms with Gasteiger partial charge in [0.25, 0.3) is 0 Å². The minimum Gasteiger partial charge on any atom is -0.381 e. The molecule has 1 aliphatic carbocycles. The van der Waals surface area contributed by atoms with Gasteiger partial charge in [0.2, 0.25) is 0 Å². The Hall–Kier alpha value is -1.50. The van der Waals surface area contributed by atoms with E-state index >= 15 is 0 Å². The molecule has 2 heterocycles. The van der Waals surface area contributed by atoms with Gasteiger partial charge >= 0.3 is 5.92 Å². The maximum absolute atomic E-state index is 14.4. The predicted octanol–water partition coefficient (Wildman–Crippen LogP) is 4.19. The first-order chi connectivity index (χ1) is 11.9. The van der Waals surface area contributed by atoms with Crippen molar-refractivity contribution in [2.24, 2.45) is 5.73 Å². The lowest BCUT2D eigenvalue weighted by Crippen LogP contribution is -2.36. The van der Waals surface area contributed by atoms with Crippen molar-refractivity contribution in [2.45, 2.75) is 50.3 Å². The number of fused-ring (bicyclic) bond motifs is 2. The zero-order chi connectivity index (χ0) is 17.6. The number of anilines is 1. The average Bonchev–Trinajstić information content (AvgIpc) is 2.56. The second-order valence-electron chi connectivity index (χ2n) is 6.94. The lowest BCUT2D eigenvalue weighted by atomic mass is 9.90. The molecule has 4 nitrogen and oxygen atoms in total. The lowest BCUT2D eigenvalue weighted by Gasteiger charge is -2.32. The molecule has 25 heavy (non-hydrogen) atoms. The Morgan fingerprint density at radius 2 is 2.16 bits per heavy atom. The molecule has 2 aromatic rings. The molecule has 4 rings (SSSR count). The second kappa shape index (κ2) is 6.34. The first kappa shape index (κ1) is 16.9. The van der Waals surface area contributed by atoms with Gasteiger partial charge in [-0.3, -0.25) is 0 Å². The first-order valence-electron chi connectivity index (χ1n) is 8.54. The number of halogens is 3. The van der Waals surface area contributed by atoms with Crippen molar-refractivity contribution < 1.29 is 13.5 Å². The molecule has 2 atom stereocenters. The van der Waals surface area contributed by atoms with Crippen LogP contribution < -0.4 is 11.1 Å². The zero-order valence-corrected chi connectivity index (χ0v) is 14.5. The standard InChI is InChI=1S/C18H20ClF2N3O/c19-10-4-5-15-13(6-10)16(23-12-3-1-2-11(22)7-12)14-8-25-9-18(20,21)17(14)24-15/h4-6,11-12H,1-3,7-9,22H2,(H,23,24)/t11-,12+/m1/s1. The number of nitrogens with one attached hydrogen (secondary N) is 1. The number of aromatic nitrogens is 1. The predicted molar refractivity (Wildman–Crippen MR) is 94.2 cm³/mol. The maximum atomic E-state index is 14.4. The average molecular weight is 368 g/mol. The van der Waals surface area contributed by atoms with Crippen LogP contribution in [0.25, 0.3) is 10.9 Å². The lowest BCUT2D eigenvalue weighted by molar-refractivity contribution is -0.106. The molecule has 3 N–H and O–H groups in total. The van der Waals surface area contributed by atoms with E-state index in [1.54, 1.807) is 18.2 Å². The summed E-state index contributed by atoms with van der Waals surface area (Å²) in [6, 6.07) is 5.40. The summed E-state index contributed by atoms with van der Waals surface area (Å²) in [5.41, 5.74) is 7.46. The van der Waals surface area contributed by atoms with Gasteiger partial charge < -0.3 is 15.8 Å². The molecule has 2 aliphatic rings. The van der Waals surface area contributed by atoms with E-state index in [-0.39, 0.29) is 24.4 Å². The van der Waals surface area contributed by atoms with Gasteiger partial charge in [0.05, 0.1) is 17.8 Å². The summed E-state index contributed by atoms with van der Waals surface area (Å²) in [5.74, 6) is -3.10. The number of rotatable bonds is 2. The third kappa shape index (κ3) is 3.18. The van der Waals surface area contributed by atoms with Crippen LogP contribution in [0.4, 0.5) is 14.5 Å². The third-order valence-electron chi connectivity index (χ3n) is 4.99. The molecule has 1 saturated carbocycles. The minimum absolute atomic E-state index is 0.113. The van der Waals surface area contributed by atoms with Crippen molar-refractivity contribution in [3.05, 3.63) is 34.5 Å². The molecule has 1 aromatic heterocycles. The summed E-state index contributed by atoms with van der Waals surface area (Å²) in [6.45, 7) is -0.526. The van der Waals surface area contributed by atoms with Gasteiger partial charge in [0, 0.05) is 28.1 Å². The minimum atomic E-state index is -3.10. The summed E-state index contributed by atoms with van der Waals surface area (Å²) >= 11 is 6.14. The number of ether oxygens (including phenoxy) is 1. The SMILES string of the molecule is N[C@@H]1CCC[C@H](Nc2c3c(nc4ccc(Cl)cc24)C(F)(F)COC3)C1. The summed E-state index contributed by atoms with van der Waals surface area (Å²) in [7, 11) is 0. The molecule has 0 radical (unpaired) electrons. The molecular weight excluding hydrogens is 348 g/mol. The molecule has 1 aliphatic heterocycles. The third-order valence-corrected chi connectivity index (χ3v) is 5.22. The summed E-state index contributed by atoms with van der Waals surface area (Å²) in [4.78, 5) is 4.22. The topological polar surface area (TPSA) is 60.2 Å². The van der Waals surface area contributed by atoms with Crippen LogP contribution in [0.15, 0.2) is 18.2 Å². The van der Waals surface area contributed by atoms with Crippen molar-refractivity contribution in [1.29, 1.82) is 0 Å². The van der Waals surface area contributed by atoms with E-state index in [1.807, 2.05) is 0 Å². The maximum Gasteiger partial charge on any atom is 0.312 e. The second-order valence-corrected chi connectivity index (χ2v) is 7.38. The molecule has 0 saturated heterocycles. The molecule has 1 fully saturated rings. The molecule has 0 amide bonds. The molecule has 0 spiro atoms. The fourth-order valence-corrected chi connectivity index (χ4v) is 3.97. The molecule has 0 bridgehead atoms. The summed E-state index contributed by atoms with van der Waals surface area (Å²) in [6.07, 6.45) is 3.80. The summed E-state index contributed by atoms with van der Waals surface area (Å²) < 4.78 is 33.9. The Balaban J connectivity index is 1.86. The fraction of sp³-hybridized carbons (Fsp3) is 0.500. The highest BCUT2D eigenvalue weighted by atomic mass is 35.5. The number of pyridine rings is 1. The van der Waals surface area contributed by atoms with Crippen LogP contribution >= 0.6 is 11.6 Å². The van der Waals surface area contributed by atoms with Crippen LogP contribution in [-0.2, 0) is 17.3 Å². The van der Waals surface area contributed by atoms with Crippen molar-refractivity contribution >= 4 is 28.2 Å². The Labute approximate surface area is 149 Å². The number of nitrogens with zero attached hydrogens (tertiary/aromatic N) is 1. The molecular formula is C18H20ClF2N3O. The van der Waals surface area contributed by atoms with E-state index in [9.17, 15) is 8.78 Å². The van der Waals surface area contributed by atoms with Crippen LogP contribution in [0, 0.1) is 0 Å². The summed E-state index contributed by atoms with van der Waals surface area (Å²) in [5, 5.41) is 4.74. The fourth-order valence-electron chi connectivity index (χ4n) is 3.80. The molecule has 1 aromatic carbocycles. The normalized spacial score (nSPS) is 25.6. The number of nitrogens with two attached hydrogens (primary N) is 1. The highest BCUT2D eigenvalue weighted by Gasteiger charge is 2.41. The Morgan fingerprint density at radius 3 is 2.96 bits per heavy atom. The smallest absolute Gasteiger partial charge is 0.312 e. The van der Waals surface area contributed by atoms with Gasteiger partial charge in [-0.05, 0) is 43.9 Å². The number of alkyl halides is 2. The van der Waals surface area contributed by atoms with E-state index in [4.69, 9.17) is 22.1 Å². The number of benzene rings is 1. The van der Waals surface area contributed by atoms with Crippen molar-refractivity contribution in [1.82, 2.24) is 4.98 Å². The Kier molecular flexibility index (Phi) is 4.30. The molecule has 134 valence electrons. The monoisotopic (exact) mass is 367 g/mol. The Bertz CT molecular complexity index is 814. The van der Waals surface area contributed by atoms with Gasteiger partial charge in [-0.25, -0.2) is 4.98 Å². The van der Waals surface area contributed by atoms with E-state index in [2.05, 4.69) is 10.3 Å². The molecule has 7 heteroatoms. The quantitative estimate of drug-likeness (QED) is 0.835. The first-order valence-corrected chi connectivity index (χ1v) is 8.92. The van der Waals surface area contributed by atoms with Gasteiger partial charge in [-0.1, -0.05) is 11.6 Å². The highest BCUT2D eigenvalue weighted by molar-refractivity contribution is 6.31. The van der Waals surface area contributed by atoms with Crippen LogP contribution in [0.5, 0.6) is 0 Å².